The molecule has 5 aromatic rings. The Morgan fingerprint density at radius 1 is 1.03 bits per heavy atom. The van der Waals surface area contributed by atoms with Crippen LogP contribution in [0.5, 0.6) is 0 Å². The van der Waals surface area contributed by atoms with E-state index in [0.717, 1.165) is 45.8 Å². The van der Waals surface area contributed by atoms with Crippen molar-refractivity contribution >= 4 is 22.8 Å². The standard InChI is InChI=1S/C25H23N5O2/c1-4-19-27-21-15(2)12-16(3)26-24(21)30(19)14-17-10-11-29-20(13-17)28-22(23(29)25(31)32)18-8-6-5-7-9-18/h5-13H,4,14H2,1-3H3,(H,31,32). The third-order valence-electron chi connectivity index (χ3n) is 5.70. The molecule has 0 bridgehead atoms. The summed E-state index contributed by atoms with van der Waals surface area (Å²) in [7, 11) is 0. The topological polar surface area (TPSA) is 85.3 Å². The molecule has 1 aromatic carbocycles. The van der Waals surface area contributed by atoms with Crippen molar-refractivity contribution in [1.29, 1.82) is 0 Å². The monoisotopic (exact) mass is 425 g/mol. The number of carbonyl (C=O) groups is 1. The Morgan fingerprint density at radius 2 is 1.81 bits per heavy atom. The Hall–Kier alpha value is -4.00. The fourth-order valence-corrected chi connectivity index (χ4v) is 4.25. The minimum absolute atomic E-state index is 0.160. The van der Waals surface area contributed by atoms with Gasteiger partial charge >= 0.3 is 5.97 Å². The van der Waals surface area contributed by atoms with Crippen molar-refractivity contribution in [2.24, 2.45) is 0 Å². The molecule has 4 aromatic heterocycles. The van der Waals surface area contributed by atoms with E-state index < -0.39 is 5.97 Å². The van der Waals surface area contributed by atoms with E-state index in [9.17, 15) is 9.90 Å². The lowest BCUT2D eigenvalue weighted by Gasteiger charge is -2.09. The zero-order chi connectivity index (χ0) is 22.4. The number of nitrogens with zero attached hydrogens (tertiary/aromatic N) is 5. The van der Waals surface area contributed by atoms with Crippen LogP contribution in [0.15, 0.2) is 54.7 Å². The number of hydrogen-bond acceptors (Lipinski definition) is 4. The summed E-state index contributed by atoms with van der Waals surface area (Å²) in [6, 6.07) is 15.3. The predicted octanol–water partition coefficient (Wildman–Crippen LogP) is 4.67. The van der Waals surface area contributed by atoms with Crippen LogP contribution in [0.3, 0.4) is 0 Å². The van der Waals surface area contributed by atoms with Gasteiger partial charge in [-0.15, -0.1) is 0 Å². The molecule has 0 spiro atoms. The van der Waals surface area contributed by atoms with Gasteiger partial charge in [-0.3, -0.25) is 4.40 Å². The first kappa shape index (κ1) is 19.9. The highest BCUT2D eigenvalue weighted by Gasteiger charge is 2.20. The minimum Gasteiger partial charge on any atom is -0.476 e. The second-order valence-corrected chi connectivity index (χ2v) is 7.96. The van der Waals surface area contributed by atoms with Crippen LogP contribution in [-0.4, -0.2) is 35.0 Å². The predicted molar refractivity (Wildman–Crippen MR) is 123 cm³/mol. The van der Waals surface area contributed by atoms with E-state index in [-0.39, 0.29) is 5.69 Å². The third-order valence-corrected chi connectivity index (χ3v) is 5.70. The van der Waals surface area contributed by atoms with Crippen molar-refractivity contribution in [1.82, 2.24) is 23.9 Å². The first-order chi connectivity index (χ1) is 15.5. The van der Waals surface area contributed by atoms with Gasteiger partial charge in [0.1, 0.15) is 22.7 Å². The Labute approximate surface area is 185 Å². The lowest BCUT2D eigenvalue weighted by Crippen LogP contribution is -2.07. The number of aromatic nitrogens is 5. The first-order valence-corrected chi connectivity index (χ1v) is 10.6. The van der Waals surface area contributed by atoms with Crippen LogP contribution in [0.2, 0.25) is 0 Å². The van der Waals surface area contributed by atoms with Gasteiger partial charge in [0.15, 0.2) is 11.3 Å². The quantitative estimate of drug-likeness (QED) is 0.442. The summed E-state index contributed by atoms with van der Waals surface area (Å²) in [5.41, 5.74) is 6.88. The number of fused-ring (bicyclic) bond motifs is 2. The van der Waals surface area contributed by atoms with Gasteiger partial charge in [0.05, 0.1) is 6.54 Å². The molecule has 32 heavy (non-hydrogen) atoms. The van der Waals surface area contributed by atoms with Crippen molar-refractivity contribution in [3.05, 3.63) is 83.1 Å². The fourth-order valence-electron chi connectivity index (χ4n) is 4.25. The van der Waals surface area contributed by atoms with Crippen LogP contribution in [-0.2, 0) is 13.0 Å². The number of hydrogen-bond donors (Lipinski definition) is 1. The normalized spacial score (nSPS) is 11.5. The Balaban J connectivity index is 1.63. The molecule has 1 N–H and O–H groups in total. The molecular weight excluding hydrogens is 402 g/mol. The summed E-state index contributed by atoms with van der Waals surface area (Å²) in [6.07, 6.45) is 2.57. The number of carboxylic acids is 1. The van der Waals surface area contributed by atoms with E-state index in [1.54, 1.807) is 10.6 Å². The Morgan fingerprint density at radius 3 is 2.53 bits per heavy atom. The van der Waals surface area contributed by atoms with Gasteiger partial charge in [0, 0.05) is 23.9 Å². The molecular formula is C25H23N5O2. The van der Waals surface area contributed by atoms with Crippen LogP contribution in [0.25, 0.3) is 28.1 Å². The van der Waals surface area contributed by atoms with Gasteiger partial charge in [0.25, 0.3) is 0 Å². The molecule has 0 unspecified atom stereocenters. The van der Waals surface area contributed by atoms with Crippen LogP contribution < -0.4 is 0 Å². The number of pyridine rings is 2. The number of aromatic carboxylic acids is 1. The van der Waals surface area contributed by atoms with E-state index in [0.29, 0.717) is 17.9 Å². The number of aryl methyl sites for hydroxylation is 3. The molecule has 0 aliphatic rings. The van der Waals surface area contributed by atoms with E-state index in [2.05, 4.69) is 23.4 Å². The summed E-state index contributed by atoms with van der Waals surface area (Å²) in [5, 5.41) is 9.85. The number of imidazole rings is 2. The summed E-state index contributed by atoms with van der Waals surface area (Å²) >= 11 is 0. The largest absolute Gasteiger partial charge is 0.476 e. The van der Waals surface area contributed by atoms with E-state index in [1.807, 2.05) is 55.5 Å². The van der Waals surface area contributed by atoms with Crippen molar-refractivity contribution < 1.29 is 9.90 Å². The van der Waals surface area contributed by atoms with Crippen molar-refractivity contribution in [3.8, 4) is 11.3 Å². The highest BCUT2D eigenvalue weighted by atomic mass is 16.4. The molecule has 0 amide bonds. The Bertz CT molecular complexity index is 1480. The molecule has 7 nitrogen and oxygen atoms in total. The fraction of sp³-hybridized carbons (Fsp3) is 0.200. The average Bonchev–Trinajstić information content (AvgIpc) is 3.33. The zero-order valence-electron chi connectivity index (χ0n) is 18.2. The number of benzene rings is 1. The molecule has 0 radical (unpaired) electrons. The molecule has 0 atom stereocenters. The maximum Gasteiger partial charge on any atom is 0.355 e. The van der Waals surface area contributed by atoms with Gasteiger partial charge in [-0.25, -0.2) is 19.7 Å². The third kappa shape index (κ3) is 3.22. The van der Waals surface area contributed by atoms with Crippen LogP contribution in [0.1, 0.15) is 40.1 Å². The molecule has 0 saturated carbocycles. The minimum atomic E-state index is -1.01. The van der Waals surface area contributed by atoms with Crippen LogP contribution in [0.4, 0.5) is 0 Å². The highest BCUT2D eigenvalue weighted by Crippen LogP contribution is 2.26. The summed E-state index contributed by atoms with van der Waals surface area (Å²) in [5.74, 6) is -0.0336. The summed E-state index contributed by atoms with van der Waals surface area (Å²) in [6.45, 7) is 6.72. The number of rotatable bonds is 5. The number of carboxylic acid groups (broad SMARTS) is 1. The maximum atomic E-state index is 12.0. The SMILES string of the molecule is CCc1nc2c(C)cc(C)nc2n1Cc1ccn2c(C(=O)O)c(-c3ccccc3)nc2c1. The van der Waals surface area contributed by atoms with Gasteiger partial charge in [-0.2, -0.15) is 0 Å². The van der Waals surface area contributed by atoms with Gasteiger partial charge in [-0.05, 0) is 43.2 Å². The van der Waals surface area contributed by atoms with E-state index in [4.69, 9.17) is 9.97 Å². The van der Waals surface area contributed by atoms with Crippen molar-refractivity contribution in [2.45, 2.75) is 33.7 Å². The summed E-state index contributed by atoms with van der Waals surface area (Å²) < 4.78 is 3.77. The first-order valence-electron chi connectivity index (χ1n) is 10.6. The molecule has 0 saturated heterocycles. The molecule has 0 aliphatic carbocycles. The second kappa shape index (κ2) is 7.60. The van der Waals surface area contributed by atoms with Crippen molar-refractivity contribution in [2.75, 3.05) is 0 Å². The lowest BCUT2D eigenvalue weighted by molar-refractivity contribution is 0.0690. The average molecular weight is 425 g/mol. The summed E-state index contributed by atoms with van der Waals surface area (Å²) in [4.78, 5) is 26.3. The molecule has 4 heterocycles. The van der Waals surface area contributed by atoms with Crippen LogP contribution >= 0.6 is 0 Å². The second-order valence-electron chi connectivity index (χ2n) is 7.96. The molecule has 0 fully saturated rings. The molecule has 5 rings (SSSR count). The van der Waals surface area contributed by atoms with E-state index in [1.165, 1.54) is 0 Å². The molecule has 7 heteroatoms. The van der Waals surface area contributed by atoms with Crippen LogP contribution in [0, 0.1) is 13.8 Å². The van der Waals surface area contributed by atoms with Gasteiger partial charge in [-0.1, -0.05) is 37.3 Å². The van der Waals surface area contributed by atoms with Gasteiger partial charge < -0.3 is 9.67 Å². The van der Waals surface area contributed by atoms with Crippen molar-refractivity contribution in [3.63, 3.8) is 0 Å². The maximum absolute atomic E-state index is 12.0. The lowest BCUT2D eigenvalue weighted by atomic mass is 10.1. The molecule has 0 aliphatic heterocycles. The zero-order valence-corrected chi connectivity index (χ0v) is 18.2. The smallest absolute Gasteiger partial charge is 0.355 e. The molecule has 160 valence electrons. The Kier molecular flexibility index (Phi) is 4.74. The highest BCUT2D eigenvalue weighted by molar-refractivity contribution is 5.94. The van der Waals surface area contributed by atoms with E-state index >= 15 is 0 Å². The van der Waals surface area contributed by atoms with Gasteiger partial charge in [0.2, 0.25) is 0 Å².